The second kappa shape index (κ2) is 5.69. The quantitative estimate of drug-likeness (QED) is 0.598. The molecule has 1 aromatic carbocycles. The molecule has 1 N–H and O–H groups in total. The number of H-pyrrole nitrogens is 1. The molecule has 3 aromatic rings. The number of fused-ring (bicyclic) bond motifs is 2. The van der Waals surface area contributed by atoms with Crippen LogP contribution in [0.1, 0.15) is 17.0 Å². The topological polar surface area (TPSA) is 44.8 Å². The van der Waals surface area contributed by atoms with Crippen LogP contribution in [0.25, 0.3) is 10.9 Å². The molecular formula is C16H11BrF4N4. The third-order valence-corrected chi connectivity index (χ3v) is 4.70. The van der Waals surface area contributed by atoms with E-state index in [-0.39, 0.29) is 5.52 Å². The number of hydrogen-bond donors (Lipinski definition) is 1. The van der Waals surface area contributed by atoms with E-state index in [1.54, 1.807) is 17.2 Å². The normalized spacial score (nSPS) is 14.8. The van der Waals surface area contributed by atoms with Gasteiger partial charge in [-0.15, -0.1) is 0 Å². The van der Waals surface area contributed by atoms with Crippen molar-refractivity contribution in [2.24, 2.45) is 0 Å². The number of hydrogen-bond acceptors (Lipinski definition) is 3. The summed E-state index contributed by atoms with van der Waals surface area (Å²) in [4.78, 5) is 5.31. The van der Waals surface area contributed by atoms with Crippen LogP contribution in [0.5, 0.6) is 0 Å². The molecule has 0 fully saturated rings. The molecule has 0 saturated heterocycles. The Morgan fingerprint density at radius 1 is 1.20 bits per heavy atom. The average molecular weight is 415 g/mol. The van der Waals surface area contributed by atoms with Crippen molar-refractivity contribution >= 4 is 32.5 Å². The maximum atomic E-state index is 14.3. The lowest BCUT2D eigenvalue weighted by Crippen LogP contribution is -2.30. The fourth-order valence-corrected chi connectivity index (χ4v) is 3.50. The Balaban J connectivity index is 1.92. The van der Waals surface area contributed by atoms with Crippen LogP contribution in [0, 0.1) is 5.82 Å². The van der Waals surface area contributed by atoms with Gasteiger partial charge in [0.1, 0.15) is 11.2 Å². The van der Waals surface area contributed by atoms with Gasteiger partial charge in [-0.05, 0) is 18.2 Å². The largest absolute Gasteiger partial charge is 0.433 e. The van der Waals surface area contributed by atoms with E-state index in [4.69, 9.17) is 0 Å². The number of aromatic nitrogens is 3. The number of nitrogens with one attached hydrogen (secondary N) is 1. The number of halogens is 5. The van der Waals surface area contributed by atoms with E-state index in [1.165, 1.54) is 0 Å². The Kier molecular flexibility index (Phi) is 3.71. The van der Waals surface area contributed by atoms with Gasteiger partial charge >= 0.3 is 6.18 Å². The molecule has 25 heavy (non-hydrogen) atoms. The SMILES string of the molecule is Fc1cc(Br)cc2c(N3CCc4[nH]ncc4C3)cc(C(F)(F)F)nc12. The standard InChI is InChI=1S/C16H11BrF4N4/c17-9-3-10-13(25-2-1-12-8(7-25)6-22-24-12)5-14(16(19,20)21)23-15(10)11(18)4-9/h3-6H,1-2,7H2,(H,22,24). The summed E-state index contributed by atoms with van der Waals surface area (Å²) in [6, 6.07) is 3.69. The van der Waals surface area contributed by atoms with Crippen molar-refractivity contribution in [1.29, 1.82) is 0 Å². The number of rotatable bonds is 1. The molecule has 0 atom stereocenters. The summed E-state index contributed by atoms with van der Waals surface area (Å²) in [7, 11) is 0. The van der Waals surface area contributed by atoms with Gasteiger partial charge in [-0.3, -0.25) is 5.10 Å². The molecule has 1 aliphatic rings. The molecule has 130 valence electrons. The highest BCUT2D eigenvalue weighted by Gasteiger charge is 2.35. The maximum Gasteiger partial charge on any atom is 0.433 e. The van der Waals surface area contributed by atoms with E-state index in [0.717, 1.165) is 23.4 Å². The lowest BCUT2D eigenvalue weighted by molar-refractivity contribution is -0.140. The molecule has 2 aromatic heterocycles. The van der Waals surface area contributed by atoms with E-state index >= 15 is 0 Å². The highest BCUT2D eigenvalue weighted by molar-refractivity contribution is 9.10. The van der Waals surface area contributed by atoms with Gasteiger partial charge in [0.2, 0.25) is 0 Å². The lowest BCUT2D eigenvalue weighted by atomic mass is 10.1. The van der Waals surface area contributed by atoms with E-state index in [2.05, 4.69) is 31.1 Å². The van der Waals surface area contributed by atoms with Crippen molar-refractivity contribution in [1.82, 2.24) is 15.2 Å². The highest BCUT2D eigenvalue weighted by Crippen LogP contribution is 2.38. The molecule has 0 radical (unpaired) electrons. The summed E-state index contributed by atoms with van der Waals surface area (Å²) in [5.41, 5.74) is 0.808. The number of benzene rings is 1. The van der Waals surface area contributed by atoms with E-state index in [0.29, 0.717) is 35.1 Å². The number of alkyl halides is 3. The first kappa shape index (κ1) is 16.3. The van der Waals surface area contributed by atoms with Crippen LogP contribution in [0.2, 0.25) is 0 Å². The molecule has 4 nitrogen and oxygen atoms in total. The van der Waals surface area contributed by atoms with Crippen LogP contribution in [-0.2, 0) is 19.1 Å². The molecule has 0 saturated carbocycles. The fourth-order valence-electron chi connectivity index (χ4n) is 3.07. The van der Waals surface area contributed by atoms with Crippen molar-refractivity contribution in [3.05, 3.63) is 51.6 Å². The van der Waals surface area contributed by atoms with Gasteiger partial charge < -0.3 is 4.90 Å². The predicted octanol–water partition coefficient (Wildman–Crippen LogP) is 4.44. The Hall–Kier alpha value is -2.16. The van der Waals surface area contributed by atoms with Crippen LogP contribution in [0.15, 0.2) is 28.9 Å². The van der Waals surface area contributed by atoms with Crippen molar-refractivity contribution in [2.45, 2.75) is 19.1 Å². The molecule has 0 amide bonds. The van der Waals surface area contributed by atoms with Gasteiger partial charge in [-0.2, -0.15) is 18.3 Å². The van der Waals surface area contributed by atoms with Crippen LogP contribution in [0.3, 0.4) is 0 Å². The summed E-state index contributed by atoms with van der Waals surface area (Å²) in [5.74, 6) is -0.794. The molecule has 3 heterocycles. The molecule has 0 aliphatic carbocycles. The first-order valence-electron chi connectivity index (χ1n) is 7.46. The molecule has 1 aliphatic heterocycles. The molecule has 0 unspecified atom stereocenters. The number of nitrogens with zero attached hydrogens (tertiary/aromatic N) is 3. The third-order valence-electron chi connectivity index (χ3n) is 4.24. The lowest BCUT2D eigenvalue weighted by Gasteiger charge is -2.30. The maximum absolute atomic E-state index is 14.3. The van der Waals surface area contributed by atoms with Crippen LogP contribution < -0.4 is 4.90 Å². The summed E-state index contributed by atoms with van der Waals surface area (Å²) in [6.07, 6.45) is -2.37. The molecule has 0 spiro atoms. The minimum atomic E-state index is -4.65. The van der Waals surface area contributed by atoms with Crippen LogP contribution in [-0.4, -0.2) is 21.7 Å². The third kappa shape index (κ3) is 2.86. The summed E-state index contributed by atoms with van der Waals surface area (Å²) < 4.78 is 54.4. The van der Waals surface area contributed by atoms with Crippen LogP contribution in [0.4, 0.5) is 23.2 Å². The van der Waals surface area contributed by atoms with E-state index < -0.39 is 17.7 Å². The van der Waals surface area contributed by atoms with Crippen molar-refractivity contribution in [2.75, 3.05) is 11.4 Å². The van der Waals surface area contributed by atoms with E-state index in [9.17, 15) is 17.6 Å². The molecular weight excluding hydrogens is 404 g/mol. The highest BCUT2D eigenvalue weighted by atomic mass is 79.9. The Bertz CT molecular complexity index is 967. The zero-order valence-corrected chi connectivity index (χ0v) is 14.2. The van der Waals surface area contributed by atoms with E-state index in [1.807, 2.05) is 0 Å². The Labute approximate surface area is 148 Å². The predicted molar refractivity (Wildman–Crippen MR) is 87.7 cm³/mol. The monoisotopic (exact) mass is 414 g/mol. The van der Waals surface area contributed by atoms with Crippen molar-refractivity contribution in [3.63, 3.8) is 0 Å². The first-order chi connectivity index (χ1) is 11.8. The number of anilines is 1. The summed E-state index contributed by atoms with van der Waals surface area (Å²) in [5, 5.41) is 7.19. The summed E-state index contributed by atoms with van der Waals surface area (Å²) in [6.45, 7) is 0.899. The van der Waals surface area contributed by atoms with Crippen LogP contribution >= 0.6 is 15.9 Å². The van der Waals surface area contributed by atoms with Gasteiger partial charge in [0.25, 0.3) is 0 Å². The van der Waals surface area contributed by atoms with Gasteiger partial charge in [0, 0.05) is 46.3 Å². The van der Waals surface area contributed by atoms with Gasteiger partial charge in [0.05, 0.1) is 6.20 Å². The second-order valence-corrected chi connectivity index (χ2v) is 6.77. The zero-order valence-electron chi connectivity index (χ0n) is 12.7. The smallest absolute Gasteiger partial charge is 0.366 e. The average Bonchev–Trinajstić information content (AvgIpc) is 3.00. The minimum Gasteiger partial charge on any atom is -0.366 e. The molecule has 4 rings (SSSR count). The molecule has 0 bridgehead atoms. The van der Waals surface area contributed by atoms with Gasteiger partial charge in [-0.1, -0.05) is 15.9 Å². The Morgan fingerprint density at radius 2 is 2.00 bits per heavy atom. The van der Waals surface area contributed by atoms with Crippen molar-refractivity contribution < 1.29 is 17.6 Å². The minimum absolute atomic E-state index is 0.286. The van der Waals surface area contributed by atoms with Gasteiger partial charge in [0.15, 0.2) is 5.82 Å². The zero-order chi connectivity index (χ0) is 17.8. The summed E-state index contributed by atoms with van der Waals surface area (Å²) >= 11 is 3.20. The number of pyridine rings is 1. The fraction of sp³-hybridized carbons (Fsp3) is 0.250. The van der Waals surface area contributed by atoms with Crippen molar-refractivity contribution in [3.8, 4) is 0 Å². The Morgan fingerprint density at radius 3 is 2.76 bits per heavy atom. The molecule has 9 heteroatoms. The number of aromatic amines is 1. The second-order valence-electron chi connectivity index (χ2n) is 5.85. The van der Waals surface area contributed by atoms with Gasteiger partial charge in [-0.25, -0.2) is 9.37 Å². The first-order valence-corrected chi connectivity index (χ1v) is 8.25.